The molecule has 25 heavy (non-hydrogen) atoms. The highest BCUT2D eigenvalue weighted by Crippen LogP contribution is 2.36. The molecular weight excluding hydrogens is 324 g/mol. The van der Waals surface area contributed by atoms with E-state index in [0.29, 0.717) is 5.92 Å². The highest BCUT2D eigenvalue weighted by molar-refractivity contribution is 7.99. The van der Waals surface area contributed by atoms with Crippen molar-refractivity contribution < 1.29 is 0 Å². The van der Waals surface area contributed by atoms with Crippen LogP contribution in [-0.2, 0) is 6.54 Å². The van der Waals surface area contributed by atoms with Crippen molar-refractivity contribution in [3.8, 4) is 0 Å². The van der Waals surface area contributed by atoms with Crippen LogP contribution in [0.5, 0.6) is 0 Å². The first-order chi connectivity index (χ1) is 11.9. The number of aromatic nitrogens is 2. The minimum atomic E-state index is 0.407. The van der Waals surface area contributed by atoms with Crippen LogP contribution >= 0.6 is 11.8 Å². The number of hydrogen-bond donors (Lipinski definition) is 0. The van der Waals surface area contributed by atoms with Crippen molar-refractivity contribution in [2.45, 2.75) is 57.0 Å². The summed E-state index contributed by atoms with van der Waals surface area (Å²) < 4.78 is 2.35. The van der Waals surface area contributed by atoms with Crippen molar-refractivity contribution in [1.82, 2.24) is 9.55 Å². The van der Waals surface area contributed by atoms with Gasteiger partial charge in [0.05, 0.1) is 5.69 Å². The Balaban J connectivity index is 2.03. The molecule has 0 aliphatic carbocycles. The summed E-state index contributed by atoms with van der Waals surface area (Å²) in [4.78, 5) is 6.18. The lowest BCUT2D eigenvalue weighted by molar-refractivity contribution is 0.689. The van der Waals surface area contributed by atoms with Crippen LogP contribution in [0.3, 0.4) is 0 Å². The van der Waals surface area contributed by atoms with Crippen LogP contribution in [0.1, 0.15) is 48.0 Å². The average Bonchev–Trinajstić information content (AvgIpc) is 2.84. The molecule has 0 amide bonds. The predicted octanol–water partition coefficient (Wildman–Crippen LogP) is 6.13. The fourth-order valence-electron chi connectivity index (χ4n) is 3.11. The van der Waals surface area contributed by atoms with Gasteiger partial charge in [0.15, 0.2) is 0 Å². The lowest BCUT2D eigenvalue weighted by Crippen LogP contribution is -2.04. The molecule has 1 heterocycles. The van der Waals surface area contributed by atoms with E-state index < -0.39 is 0 Å². The number of rotatable bonds is 5. The summed E-state index contributed by atoms with van der Waals surface area (Å²) in [5.41, 5.74) is 5.11. The van der Waals surface area contributed by atoms with Gasteiger partial charge in [-0.2, -0.15) is 0 Å². The van der Waals surface area contributed by atoms with E-state index in [9.17, 15) is 0 Å². The Bertz CT molecular complexity index is 843. The second-order valence-electron chi connectivity index (χ2n) is 7.00. The highest BCUT2D eigenvalue weighted by atomic mass is 32.2. The molecule has 2 nitrogen and oxygen atoms in total. The largest absolute Gasteiger partial charge is 0.318 e. The molecule has 0 N–H and O–H groups in total. The van der Waals surface area contributed by atoms with Crippen molar-refractivity contribution in [2.75, 3.05) is 0 Å². The maximum Gasteiger partial charge on any atom is 0.107 e. The van der Waals surface area contributed by atoms with E-state index in [1.807, 2.05) is 11.8 Å². The zero-order valence-electron chi connectivity index (χ0n) is 15.7. The van der Waals surface area contributed by atoms with E-state index in [0.717, 1.165) is 12.4 Å². The van der Waals surface area contributed by atoms with Gasteiger partial charge in [-0.15, -0.1) is 0 Å². The number of benzene rings is 2. The van der Waals surface area contributed by atoms with E-state index >= 15 is 0 Å². The first-order valence-electron chi connectivity index (χ1n) is 8.81. The fraction of sp³-hybridized carbons (Fsp3) is 0.318. The molecule has 0 radical (unpaired) electrons. The average molecular weight is 351 g/mol. The molecule has 1 aromatic heterocycles. The van der Waals surface area contributed by atoms with Crippen LogP contribution in [0.2, 0.25) is 0 Å². The van der Waals surface area contributed by atoms with Crippen LogP contribution in [-0.4, -0.2) is 9.55 Å². The Labute approximate surface area is 155 Å². The Morgan fingerprint density at radius 2 is 1.60 bits per heavy atom. The third-order valence-electron chi connectivity index (χ3n) is 4.28. The lowest BCUT2D eigenvalue weighted by Gasteiger charge is -2.13. The highest BCUT2D eigenvalue weighted by Gasteiger charge is 2.19. The normalized spacial score (nSPS) is 11.3. The topological polar surface area (TPSA) is 17.8 Å². The van der Waals surface area contributed by atoms with Gasteiger partial charge in [0, 0.05) is 11.4 Å². The van der Waals surface area contributed by atoms with Gasteiger partial charge in [0.25, 0.3) is 0 Å². The van der Waals surface area contributed by atoms with Crippen LogP contribution in [0.25, 0.3) is 0 Å². The number of hydrogen-bond acceptors (Lipinski definition) is 2. The van der Waals surface area contributed by atoms with Gasteiger partial charge >= 0.3 is 0 Å². The van der Waals surface area contributed by atoms with Crippen LogP contribution in [0.4, 0.5) is 0 Å². The van der Waals surface area contributed by atoms with E-state index in [-0.39, 0.29) is 0 Å². The molecule has 0 aliphatic rings. The Hall–Kier alpha value is -2.00. The third kappa shape index (κ3) is 4.16. The maximum absolute atomic E-state index is 4.89. The molecule has 130 valence electrons. The summed E-state index contributed by atoms with van der Waals surface area (Å²) in [5.74, 6) is 1.49. The molecule has 0 spiro atoms. The molecule has 0 bridgehead atoms. The number of imidazole rings is 1. The summed E-state index contributed by atoms with van der Waals surface area (Å²) in [5, 5.41) is 1.27. The molecule has 0 saturated carbocycles. The summed E-state index contributed by atoms with van der Waals surface area (Å²) in [6.07, 6.45) is 0. The minimum Gasteiger partial charge on any atom is -0.318 e. The molecule has 3 aromatic rings. The molecule has 3 rings (SSSR count). The SMILES string of the molecule is Cc1cc(C)cc(Sc2c(C(C)C)nc(C)n2Cc2ccccc2)c1. The first-order valence-corrected chi connectivity index (χ1v) is 9.63. The molecule has 0 fully saturated rings. The second-order valence-corrected chi connectivity index (χ2v) is 8.06. The minimum absolute atomic E-state index is 0.407. The molecule has 0 unspecified atom stereocenters. The number of nitrogens with zero attached hydrogens (tertiary/aromatic N) is 2. The lowest BCUT2D eigenvalue weighted by atomic mass is 10.1. The maximum atomic E-state index is 4.89. The van der Waals surface area contributed by atoms with E-state index in [4.69, 9.17) is 4.98 Å². The Kier molecular flexibility index (Phi) is 5.33. The van der Waals surface area contributed by atoms with Gasteiger partial charge in [-0.05, 0) is 55.5 Å². The van der Waals surface area contributed by atoms with E-state index in [1.54, 1.807) is 0 Å². The van der Waals surface area contributed by atoms with Gasteiger partial charge in [0.2, 0.25) is 0 Å². The molecule has 3 heteroatoms. The van der Waals surface area contributed by atoms with Crippen molar-refractivity contribution >= 4 is 11.8 Å². The quantitative estimate of drug-likeness (QED) is 0.551. The van der Waals surface area contributed by atoms with Gasteiger partial charge in [-0.3, -0.25) is 0 Å². The van der Waals surface area contributed by atoms with Gasteiger partial charge in [-0.1, -0.05) is 62.0 Å². The van der Waals surface area contributed by atoms with Crippen molar-refractivity contribution in [2.24, 2.45) is 0 Å². The Morgan fingerprint density at radius 3 is 2.20 bits per heavy atom. The summed E-state index contributed by atoms with van der Waals surface area (Å²) >= 11 is 1.84. The third-order valence-corrected chi connectivity index (χ3v) is 5.37. The van der Waals surface area contributed by atoms with Crippen molar-refractivity contribution in [3.05, 3.63) is 76.7 Å². The Morgan fingerprint density at radius 1 is 0.960 bits per heavy atom. The molecule has 0 atom stereocenters. The second kappa shape index (κ2) is 7.49. The van der Waals surface area contributed by atoms with Gasteiger partial charge in [-0.25, -0.2) is 4.98 Å². The van der Waals surface area contributed by atoms with Crippen molar-refractivity contribution in [1.29, 1.82) is 0 Å². The molecular formula is C22H26N2S. The first kappa shape index (κ1) is 17.8. The smallest absolute Gasteiger partial charge is 0.107 e. The van der Waals surface area contributed by atoms with E-state index in [2.05, 4.69) is 87.7 Å². The van der Waals surface area contributed by atoms with Gasteiger partial charge in [0.1, 0.15) is 10.9 Å². The van der Waals surface area contributed by atoms with Crippen LogP contribution in [0, 0.1) is 20.8 Å². The summed E-state index contributed by atoms with van der Waals surface area (Å²) in [6.45, 7) is 11.7. The monoisotopic (exact) mass is 350 g/mol. The molecule has 0 aliphatic heterocycles. The van der Waals surface area contributed by atoms with Crippen molar-refractivity contribution in [3.63, 3.8) is 0 Å². The molecule has 2 aromatic carbocycles. The predicted molar refractivity (Wildman–Crippen MR) is 107 cm³/mol. The standard InChI is InChI=1S/C22H26N2S/c1-15(2)21-22(25-20-12-16(3)11-17(4)13-20)24(18(5)23-21)14-19-9-7-6-8-10-19/h6-13,15H,14H2,1-5H3. The zero-order chi connectivity index (χ0) is 18.0. The molecule has 0 saturated heterocycles. The van der Waals surface area contributed by atoms with Crippen LogP contribution in [0.15, 0.2) is 58.5 Å². The zero-order valence-corrected chi connectivity index (χ0v) is 16.5. The fourth-order valence-corrected chi connectivity index (χ4v) is 4.51. The number of aryl methyl sites for hydroxylation is 3. The summed E-state index contributed by atoms with van der Waals surface area (Å²) in [7, 11) is 0. The summed E-state index contributed by atoms with van der Waals surface area (Å²) in [6, 6.07) is 17.4. The van der Waals surface area contributed by atoms with Gasteiger partial charge < -0.3 is 4.57 Å². The van der Waals surface area contributed by atoms with E-state index in [1.165, 1.54) is 32.3 Å². The van der Waals surface area contributed by atoms with Crippen LogP contribution < -0.4 is 0 Å².